The standard InChI is InChI=1S/C11H21N3O2/c1-3-5-14-6-4-13-11(14)10(12)9-16-8-7-15-2/h4,6,10H,3,5,7-9,12H2,1-2H3. The van der Waals surface area contributed by atoms with E-state index in [0.29, 0.717) is 19.8 Å². The smallest absolute Gasteiger partial charge is 0.128 e. The van der Waals surface area contributed by atoms with Crippen molar-refractivity contribution in [2.75, 3.05) is 26.9 Å². The topological polar surface area (TPSA) is 62.3 Å². The molecule has 5 heteroatoms. The molecule has 0 aromatic carbocycles. The molecule has 1 heterocycles. The molecule has 16 heavy (non-hydrogen) atoms. The molecule has 0 bridgehead atoms. The summed E-state index contributed by atoms with van der Waals surface area (Å²) in [4.78, 5) is 4.26. The van der Waals surface area contributed by atoms with Crippen molar-refractivity contribution < 1.29 is 9.47 Å². The fourth-order valence-corrected chi connectivity index (χ4v) is 1.51. The summed E-state index contributed by atoms with van der Waals surface area (Å²) in [5.41, 5.74) is 6.00. The molecule has 2 N–H and O–H groups in total. The van der Waals surface area contributed by atoms with Crippen molar-refractivity contribution in [3.05, 3.63) is 18.2 Å². The van der Waals surface area contributed by atoms with E-state index >= 15 is 0 Å². The average Bonchev–Trinajstić information content (AvgIpc) is 2.73. The van der Waals surface area contributed by atoms with E-state index in [-0.39, 0.29) is 6.04 Å². The summed E-state index contributed by atoms with van der Waals surface area (Å²) in [6.45, 7) is 4.71. The second-order valence-electron chi connectivity index (χ2n) is 3.65. The number of imidazole rings is 1. The Morgan fingerprint density at radius 1 is 1.50 bits per heavy atom. The first-order valence-electron chi connectivity index (χ1n) is 5.62. The van der Waals surface area contributed by atoms with Gasteiger partial charge in [-0.25, -0.2) is 4.98 Å². The van der Waals surface area contributed by atoms with Crippen LogP contribution in [0.3, 0.4) is 0 Å². The first kappa shape index (κ1) is 13.2. The van der Waals surface area contributed by atoms with Crippen molar-refractivity contribution in [1.29, 1.82) is 0 Å². The zero-order chi connectivity index (χ0) is 11.8. The van der Waals surface area contributed by atoms with E-state index in [9.17, 15) is 0 Å². The molecule has 1 aromatic rings. The van der Waals surface area contributed by atoms with Gasteiger partial charge in [0.1, 0.15) is 5.82 Å². The minimum absolute atomic E-state index is 0.168. The van der Waals surface area contributed by atoms with Gasteiger partial charge < -0.3 is 19.8 Å². The molecule has 0 fully saturated rings. The first-order valence-corrected chi connectivity index (χ1v) is 5.62. The third-order valence-electron chi connectivity index (χ3n) is 2.27. The third kappa shape index (κ3) is 3.92. The number of nitrogens with zero attached hydrogens (tertiary/aromatic N) is 2. The zero-order valence-electron chi connectivity index (χ0n) is 10.1. The van der Waals surface area contributed by atoms with Crippen molar-refractivity contribution in [3.8, 4) is 0 Å². The first-order chi connectivity index (χ1) is 7.79. The summed E-state index contributed by atoms with van der Waals surface area (Å²) in [5, 5.41) is 0. The third-order valence-corrected chi connectivity index (χ3v) is 2.27. The Labute approximate surface area is 96.6 Å². The highest BCUT2D eigenvalue weighted by atomic mass is 16.5. The predicted molar refractivity (Wildman–Crippen MR) is 62.1 cm³/mol. The molecule has 5 nitrogen and oxygen atoms in total. The van der Waals surface area contributed by atoms with E-state index in [1.807, 2.05) is 6.20 Å². The Hall–Kier alpha value is -0.910. The Kier molecular flexibility index (Phi) is 6.07. The van der Waals surface area contributed by atoms with Gasteiger partial charge in [0.15, 0.2) is 0 Å². The Morgan fingerprint density at radius 3 is 3.00 bits per heavy atom. The molecular weight excluding hydrogens is 206 g/mol. The second-order valence-corrected chi connectivity index (χ2v) is 3.65. The molecule has 0 amide bonds. The van der Waals surface area contributed by atoms with Crippen LogP contribution in [0.1, 0.15) is 25.2 Å². The molecule has 0 saturated carbocycles. The quantitative estimate of drug-likeness (QED) is 0.672. The van der Waals surface area contributed by atoms with Crippen LogP contribution < -0.4 is 5.73 Å². The number of hydrogen-bond donors (Lipinski definition) is 1. The molecule has 0 aliphatic carbocycles. The monoisotopic (exact) mass is 227 g/mol. The lowest BCUT2D eigenvalue weighted by Crippen LogP contribution is -2.22. The van der Waals surface area contributed by atoms with Gasteiger partial charge in [0, 0.05) is 26.0 Å². The SMILES string of the molecule is CCCn1ccnc1C(N)COCCOC. The minimum atomic E-state index is -0.168. The lowest BCUT2D eigenvalue weighted by atomic mass is 10.3. The number of rotatable bonds is 8. The van der Waals surface area contributed by atoms with Crippen LogP contribution in [0.15, 0.2) is 12.4 Å². The fourth-order valence-electron chi connectivity index (χ4n) is 1.51. The normalized spacial score (nSPS) is 12.9. The summed E-state index contributed by atoms with van der Waals surface area (Å²) in [7, 11) is 1.65. The van der Waals surface area contributed by atoms with E-state index in [0.717, 1.165) is 18.8 Å². The molecule has 0 saturated heterocycles. The maximum absolute atomic E-state index is 6.00. The van der Waals surface area contributed by atoms with Gasteiger partial charge in [0.05, 0.1) is 25.9 Å². The van der Waals surface area contributed by atoms with Crippen LogP contribution in [0.5, 0.6) is 0 Å². The number of aromatic nitrogens is 2. The van der Waals surface area contributed by atoms with Crippen molar-refractivity contribution in [2.24, 2.45) is 5.73 Å². The second kappa shape index (κ2) is 7.38. The number of methoxy groups -OCH3 is 1. The van der Waals surface area contributed by atoms with E-state index in [1.54, 1.807) is 13.3 Å². The van der Waals surface area contributed by atoms with Crippen molar-refractivity contribution in [2.45, 2.75) is 25.9 Å². The largest absolute Gasteiger partial charge is 0.382 e. The Morgan fingerprint density at radius 2 is 2.31 bits per heavy atom. The van der Waals surface area contributed by atoms with Crippen LogP contribution in [0.4, 0.5) is 0 Å². The van der Waals surface area contributed by atoms with Crippen LogP contribution in [0, 0.1) is 0 Å². The van der Waals surface area contributed by atoms with Gasteiger partial charge in [0.2, 0.25) is 0 Å². The number of nitrogens with two attached hydrogens (primary N) is 1. The average molecular weight is 227 g/mol. The summed E-state index contributed by atoms with van der Waals surface area (Å²) in [5.74, 6) is 0.888. The highest BCUT2D eigenvalue weighted by Gasteiger charge is 2.11. The summed E-state index contributed by atoms with van der Waals surface area (Å²) < 4.78 is 12.4. The van der Waals surface area contributed by atoms with E-state index in [4.69, 9.17) is 15.2 Å². The van der Waals surface area contributed by atoms with Gasteiger partial charge in [-0.1, -0.05) is 6.92 Å². The molecule has 1 aromatic heterocycles. The van der Waals surface area contributed by atoms with Crippen LogP contribution in [0.2, 0.25) is 0 Å². The van der Waals surface area contributed by atoms with Crippen LogP contribution in [-0.4, -0.2) is 36.5 Å². The molecule has 0 spiro atoms. The van der Waals surface area contributed by atoms with Gasteiger partial charge in [0.25, 0.3) is 0 Å². The highest BCUT2D eigenvalue weighted by molar-refractivity contribution is 4.98. The van der Waals surface area contributed by atoms with E-state index in [1.165, 1.54) is 0 Å². The number of hydrogen-bond acceptors (Lipinski definition) is 4. The number of ether oxygens (including phenoxy) is 2. The lowest BCUT2D eigenvalue weighted by molar-refractivity contribution is 0.0622. The van der Waals surface area contributed by atoms with Crippen LogP contribution in [-0.2, 0) is 16.0 Å². The Bertz CT molecular complexity index is 289. The minimum Gasteiger partial charge on any atom is -0.382 e. The molecular formula is C11H21N3O2. The summed E-state index contributed by atoms with van der Waals surface area (Å²) >= 11 is 0. The molecule has 1 unspecified atom stereocenters. The van der Waals surface area contributed by atoms with Gasteiger partial charge in [-0.05, 0) is 6.42 Å². The molecule has 1 atom stereocenters. The highest BCUT2D eigenvalue weighted by Crippen LogP contribution is 2.09. The van der Waals surface area contributed by atoms with Crippen LogP contribution in [0.25, 0.3) is 0 Å². The lowest BCUT2D eigenvalue weighted by Gasteiger charge is -2.13. The molecule has 0 aliphatic rings. The maximum atomic E-state index is 6.00. The van der Waals surface area contributed by atoms with E-state index < -0.39 is 0 Å². The van der Waals surface area contributed by atoms with Gasteiger partial charge in [-0.15, -0.1) is 0 Å². The zero-order valence-corrected chi connectivity index (χ0v) is 10.1. The molecule has 92 valence electrons. The maximum Gasteiger partial charge on any atom is 0.128 e. The van der Waals surface area contributed by atoms with E-state index in [2.05, 4.69) is 16.5 Å². The van der Waals surface area contributed by atoms with Crippen molar-refractivity contribution in [3.63, 3.8) is 0 Å². The van der Waals surface area contributed by atoms with Gasteiger partial charge in [-0.3, -0.25) is 0 Å². The van der Waals surface area contributed by atoms with Gasteiger partial charge in [-0.2, -0.15) is 0 Å². The molecule has 0 aliphatic heterocycles. The fraction of sp³-hybridized carbons (Fsp3) is 0.727. The predicted octanol–water partition coefficient (Wildman–Crippen LogP) is 0.956. The molecule has 1 rings (SSSR count). The molecule has 0 radical (unpaired) electrons. The van der Waals surface area contributed by atoms with Crippen molar-refractivity contribution >= 4 is 0 Å². The summed E-state index contributed by atoms with van der Waals surface area (Å²) in [6, 6.07) is -0.168. The number of aryl methyl sites for hydroxylation is 1. The summed E-state index contributed by atoms with van der Waals surface area (Å²) in [6.07, 6.45) is 4.80. The van der Waals surface area contributed by atoms with Gasteiger partial charge >= 0.3 is 0 Å². The van der Waals surface area contributed by atoms with Crippen molar-refractivity contribution in [1.82, 2.24) is 9.55 Å². The Balaban J connectivity index is 2.39. The van der Waals surface area contributed by atoms with Crippen LogP contribution >= 0.6 is 0 Å².